The van der Waals surface area contributed by atoms with Crippen molar-refractivity contribution in [2.24, 2.45) is 0 Å². The van der Waals surface area contributed by atoms with E-state index in [2.05, 4.69) is 43.4 Å². The average Bonchev–Trinajstić information content (AvgIpc) is 2.35. The van der Waals surface area contributed by atoms with Crippen LogP contribution in [0.15, 0.2) is 24.3 Å². The maximum absolute atomic E-state index is 5.46. The Labute approximate surface area is 105 Å². The van der Waals surface area contributed by atoms with Crippen molar-refractivity contribution in [1.29, 1.82) is 0 Å². The summed E-state index contributed by atoms with van der Waals surface area (Å²) in [6.45, 7) is 10.0. The number of ether oxygens (including phenoxy) is 1. The van der Waals surface area contributed by atoms with E-state index in [4.69, 9.17) is 4.74 Å². The molecular formula is C15H25NO. The van der Waals surface area contributed by atoms with Crippen LogP contribution in [0, 0.1) is 6.92 Å². The summed E-state index contributed by atoms with van der Waals surface area (Å²) in [6.07, 6.45) is 1.09. The fraction of sp³-hybridized carbons (Fsp3) is 0.600. The van der Waals surface area contributed by atoms with Crippen LogP contribution < -0.4 is 5.32 Å². The van der Waals surface area contributed by atoms with E-state index in [0.29, 0.717) is 5.92 Å². The largest absolute Gasteiger partial charge is 0.382 e. The van der Waals surface area contributed by atoms with Gasteiger partial charge in [0.15, 0.2) is 0 Å². The molecule has 1 N–H and O–H groups in total. The molecule has 0 spiro atoms. The van der Waals surface area contributed by atoms with Crippen LogP contribution in [0.5, 0.6) is 0 Å². The molecule has 0 amide bonds. The average molecular weight is 235 g/mol. The molecule has 0 aliphatic heterocycles. The van der Waals surface area contributed by atoms with Crippen molar-refractivity contribution in [2.45, 2.75) is 33.1 Å². The lowest BCUT2D eigenvalue weighted by Crippen LogP contribution is -2.22. The first kappa shape index (κ1) is 14.2. The molecular weight excluding hydrogens is 210 g/mol. The smallest absolute Gasteiger partial charge is 0.0472 e. The molecule has 0 fully saturated rings. The molecule has 0 saturated heterocycles. The lowest BCUT2D eigenvalue weighted by Gasteiger charge is -2.18. The highest BCUT2D eigenvalue weighted by molar-refractivity contribution is 5.24. The van der Waals surface area contributed by atoms with Crippen molar-refractivity contribution < 1.29 is 4.74 Å². The van der Waals surface area contributed by atoms with E-state index in [0.717, 1.165) is 32.7 Å². The van der Waals surface area contributed by atoms with Gasteiger partial charge in [-0.1, -0.05) is 36.8 Å². The third-order valence-corrected chi connectivity index (χ3v) is 3.00. The minimum Gasteiger partial charge on any atom is -0.382 e. The van der Waals surface area contributed by atoms with Gasteiger partial charge in [0.2, 0.25) is 0 Å². The summed E-state index contributed by atoms with van der Waals surface area (Å²) in [4.78, 5) is 0. The van der Waals surface area contributed by atoms with Gasteiger partial charge in [-0.25, -0.2) is 0 Å². The molecule has 17 heavy (non-hydrogen) atoms. The van der Waals surface area contributed by atoms with E-state index >= 15 is 0 Å². The Kier molecular flexibility index (Phi) is 6.90. The van der Waals surface area contributed by atoms with Gasteiger partial charge in [0, 0.05) is 19.8 Å². The van der Waals surface area contributed by atoms with Gasteiger partial charge in [0.1, 0.15) is 0 Å². The Balaban J connectivity index is 2.57. The monoisotopic (exact) mass is 235 g/mol. The molecule has 96 valence electrons. The number of likely N-dealkylation sites (N-methyl/N-ethyl adjacent to an activating group) is 1. The molecule has 2 nitrogen and oxygen atoms in total. The van der Waals surface area contributed by atoms with Crippen LogP contribution in [-0.2, 0) is 4.74 Å². The highest BCUT2D eigenvalue weighted by atomic mass is 16.5. The van der Waals surface area contributed by atoms with Crippen LogP contribution in [0.4, 0.5) is 0 Å². The minimum atomic E-state index is 0.557. The summed E-state index contributed by atoms with van der Waals surface area (Å²) >= 11 is 0. The second-order valence-electron chi connectivity index (χ2n) is 4.40. The zero-order valence-corrected chi connectivity index (χ0v) is 11.3. The summed E-state index contributed by atoms with van der Waals surface area (Å²) in [7, 11) is 0. The van der Waals surface area contributed by atoms with Crippen LogP contribution in [-0.4, -0.2) is 26.3 Å². The minimum absolute atomic E-state index is 0.557. The molecule has 0 bridgehead atoms. The first-order valence-electron chi connectivity index (χ1n) is 6.63. The summed E-state index contributed by atoms with van der Waals surface area (Å²) < 4.78 is 5.46. The van der Waals surface area contributed by atoms with E-state index in [1.54, 1.807) is 0 Å². The highest BCUT2D eigenvalue weighted by Gasteiger charge is 2.10. The molecule has 1 aromatic rings. The Hall–Kier alpha value is -0.860. The molecule has 0 aromatic heterocycles. The van der Waals surface area contributed by atoms with Gasteiger partial charge in [-0.05, 0) is 38.3 Å². The van der Waals surface area contributed by atoms with Crippen molar-refractivity contribution in [3.63, 3.8) is 0 Å². The summed E-state index contributed by atoms with van der Waals surface area (Å²) in [5, 5.41) is 3.43. The zero-order chi connectivity index (χ0) is 12.5. The standard InChI is InChI=1S/C15H25NO/c1-4-16-12-15(10-11-17-5-2)14-8-6-13(3)7-9-14/h6-9,15-16H,4-5,10-12H2,1-3H3. The third kappa shape index (κ3) is 5.33. The molecule has 0 heterocycles. The quantitative estimate of drug-likeness (QED) is 0.699. The van der Waals surface area contributed by atoms with E-state index in [1.807, 2.05) is 6.92 Å². The topological polar surface area (TPSA) is 21.3 Å². The first-order valence-corrected chi connectivity index (χ1v) is 6.63. The maximum Gasteiger partial charge on any atom is 0.0472 e. The van der Waals surface area contributed by atoms with Gasteiger partial charge in [-0.15, -0.1) is 0 Å². The summed E-state index contributed by atoms with van der Waals surface area (Å²) in [5.41, 5.74) is 2.73. The van der Waals surface area contributed by atoms with E-state index in [-0.39, 0.29) is 0 Å². The Morgan fingerprint density at radius 1 is 1.18 bits per heavy atom. The fourth-order valence-corrected chi connectivity index (χ4v) is 1.91. The van der Waals surface area contributed by atoms with E-state index in [1.165, 1.54) is 11.1 Å². The van der Waals surface area contributed by atoms with Crippen LogP contribution in [0.2, 0.25) is 0 Å². The molecule has 0 aliphatic carbocycles. The second kappa shape index (κ2) is 8.26. The van der Waals surface area contributed by atoms with Gasteiger partial charge in [-0.2, -0.15) is 0 Å². The lowest BCUT2D eigenvalue weighted by atomic mass is 9.95. The Morgan fingerprint density at radius 2 is 1.88 bits per heavy atom. The Bertz CT molecular complexity index is 294. The molecule has 0 radical (unpaired) electrons. The summed E-state index contributed by atoms with van der Waals surface area (Å²) in [5.74, 6) is 0.557. The highest BCUT2D eigenvalue weighted by Crippen LogP contribution is 2.19. The van der Waals surface area contributed by atoms with Crippen molar-refractivity contribution >= 4 is 0 Å². The van der Waals surface area contributed by atoms with Crippen LogP contribution in [0.25, 0.3) is 0 Å². The number of rotatable bonds is 8. The van der Waals surface area contributed by atoms with Gasteiger partial charge < -0.3 is 10.1 Å². The van der Waals surface area contributed by atoms with Gasteiger partial charge >= 0.3 is 0 Å². The molecule has 1 unspecified atom stereocenters. The van der Waals surface area contributed by atoms with Crippen molar-refractivity contribution in [3.8, 4) is 0 Å². The number of hydrogen-bond donors (Lipinski definition) is 1. The van der Waals surface area contributed by atoms with Gasteiger partial charge in [-0.3, -0.25) is 0 Å². The fourth-order valence-electron chi connectivity index (χ4n) is 1.91. The van der Waals surface area contributed by atoms with Crippen LogP contribution in [0.1, 0.15) is 37.3 Å². The van der Waals surface area contributed by atoms with Crippen molar-refractivity contribution in [1.82, 2.24) is 5.32 Å². The van der Waals surface area contributed by atoms with Gasteiger partial charge in [0.05, 0.1) is 0 Å². The van der Waals surface area contributed by atoms with E-state index < -0.39 is 0 Å². The van der Waals surface area contributed by atoms with Crippen LogP contribution in [0.3, 0.4) is 0 Å². The number of benzene rings is 1. The maximum atomic E-state index is 5.46. The van der Waals surface area contributed by atoms with Gasteiger partial charge in [0.25, 0.3) is 0 Å². The molecule has 1 rings (SSSR count). The lowest BCUT2D eigenvalue weighted by molar-refractivity contribution is 0.139. The predicted molar refractivity (Wildman–Crippen MR) is 73.6 cm³/mol. The first-order chi connectivity index (χ1) is 8.27. The third-order valence-electron chi connectivity index (χ3n) is 3.00. The molecule has 0 saturated carbocycles. The molecule has 0 aliphatic rings. The van der Waals surface area contributed by atoms with Crippen molar-refractivity contribution in [2.75, 3.05) is 26.3 Å². The molecule has 2 heteroatoms. The number of nitrogens with one attached hydrogen (secondary N) is 1. The van der Waals surface area contributed by atoms with E-state index in [9.17, 15) is 0 Å². The number of aryl methyl sites for hydroxylation is 1. The SMILES string of the molecule is CCNCC(CCOCC)c1ccc(C)cc1. The zero-order valence-electron chi connectivity index (χ0n) is 11.3. The molecule has 1 atom stereocenters. The Morgan fingerprint density at radius 3 is 2.47 bits per heavy atom. The van der Waals surface area contributed by atoms with Crippen molar-refractivity contribution in [3.05, 3.63) is 35.4 Å². The summed E-state index contributed by atoms with van der Waals surface area (Å²) in [6, 6.07) is 8.86. The normalized spacial score (nSPS) is 12.6. The molecule has 1 aromatic carbocycles. The predicted octanol–water partition coefficient (Wildman–Crippen LogP) is 3.11. The second-order valence-corrected chi connectivity index (χ2v) is 4.40. The van der Waals surface area contributed by atoms with Crippen LogP contribution >= 0.6 is 0 Å². The number of hydrogen-bond acceptors (Lipinski definition) is 2.